The van der Waals surface area contributed by atoms with Gasteiger partial charge in [-0.25, -0.2) is 14.8 Å². The van der Waals surface area contributed by atoms with Crippen LogP contribution in [0.15, 0.2) is 60.9 Å². The number of carbonyl (C=O) groups is 3. The minimum Gasteiger partial charge on any atom is -0.488 e. The molecule has 5 unspecified atom stereocenters. The zero-order valence-corrected chi connectivity index (χ0v) is 37.5. The zero-order chi connectivity index (χ0) is 45.3. The number of alkyl carbamates (subject to hydrolysis) is 1. The van der Waals surface area contributed by atoms with Crippen LogP contribution in [0.5, 0.6) is 5.75 Å². The molecule has 3 aromatic carbocycles. The maximum Gasteiger partial charge on any atom is 0.407 e. The van der Waals surface area contributed by atoms with Crippen molar-refractivity contribution in [2.75, 3.05) is 53.7 Å². The molecule has 4 saturated heterocycles. The quantitative estimate of drug-likeness (QED) is 0.106. The van der Waals surface area contributed by atoms with Gasteiger partial charge < -0.3 is 53.9 Å². The lowest BCUT2D eigenvalue weighted by molar-refractivity contribution is -0.785. The highest BCUT2D eigenvalue weighted by molar-refractivity contribution is 5.98. The molecule has 0 radical (unpaired) electrons. The van der Waals surface area contributed by atoms with Crippen molar-refractivity contribution in [3.05, 3.63) is 78.1 Å². The maximum absolute atomic E-state index is 14.1. The van der Waals surface area contributed by atoms with Crippen LogP contribution >= 0.6 is 0 Å². The van der Waals surface area contributed by atoms with Gasteiger partial charge in [0.15, 0.2) is 6.04 Å². The van der Waals surface area contributed by atoms with Crippen molar-refractivity contribution in [3.8, 4) is 39.4 Å². The number of rotatable bonds is 12. The number of fused-ring (bicyclic) bond motifs is 5. The summed E-state index contributed by atoms with van der Waals surface area (Å²) in [4.78, 5) is 61.0. The molecule has 17 heteroatoms. The number of benzene rings is 3. The Bertz CT molecular complexity index is 2570. The Hall–Kier alpha value is -5.85. The number of imidazole rings is 2. The molecule has 66 heavy (non-hydrogen) atoms. The Kier molecular flexibility index (Phi) is 12.8. The first-order valence-corrected chi connectivity index (χ1v) is 23.4. The van der Waals surface area contributed by atoms with E-state index in [2.05, 4.69) is 63.8 Å². The summed E-state index contributed by atoms with van der Waals surface area (Å²) in [5.41, 5.74) is 6.87. The van der Waals surface area contributed by atoms with Gasteiger partial charge >= 0.3 is 12.5 Å². The second-order valence-corrected chi connectivity index (χ2v) is 18.1. The van der Waals surface area contributed by atoms with Crippen LogP contribution in [0.2, 0.25) is 0 Å². The van der Waals surface area contributed by atoms with Gasteiger partial charge in [0.25, 0.3) is 5.91 Å². The number of ether oxygens (including phenoxy) is 5. The van der Waals surface area contributed by atoms with E-state index < -0.39 is 24.6 Å². The van der Waals surface area contributed by atoms with Crippen molar-refractivity contribution in [1.29, 1.82) is 0 Å². The summed E-state index contributed by atoms with van der Waals surface area (Å²) >= 11 is 0. The summed E-state index contributed by atoms with van der Waals surface area (Å²) < 4.78 is 27.7. The Morgan fingerprint density at radius 1 is 0.773 bits per heavy atom. The number of hydrogen-bond acceptors (Lipinski definition) is 11. The Balaban J connectivity index is 0.839. The molecule has 10 rings (SSSR count). The van der Waals surface area contributed by atoms with Crippen LogP contribution in [0, 0.1) is 11.8 Å². The van der Waals surface area contributed by atoms with Crippen molar-refractivity contribution in [3.63, 3.8) is 0 Å². The third-order valence-electron chi connectivity index (χ3n) is 14.4. The fourth-order valence-electron chi connectivity index (χ4n) is 10.8. The molecule has 0 saturated carbocycles. The number of quaternary nitrogens is 1. The standard InChI is InChI=1S/C49H58N8O9/c1-62-48(60)54-41(28-13-19-64-20-14-28)46(58)56-17-3-5-39(56)44-50-25-37(52-44)31-9-11-35-30(23-31)7-12-36-34-10-8-32(24-33(34)27-66-43(35)36)38-26-51-45(53-38)40-6-4-18-57(40)47(59)42(55-49(61)63-2)29-15-21-65-22-16-29/h7-12,23-26,28-29,39-42,48,54,60H,3-6,13-22,27H2,1-2H3,(H,50,52)(H,51,53)(H,55,61)/p+1. The third-order valence-corrected chi connectivity index (χ3v) is 14.4. The van der Waals surface area contributed by atoms with Crippen LogP contribution in [-0.4, -0.2) is 125 Å². The molecule has 5 aliphatic heterocycles. The first kappa shape index (κ1) is 44.0. The van der Waals surface area contributed by atoms with E-state index in [1.807, 2.05) is 22.2 Å². The first-order chi connectivity index (χ1) is 32.3. The molecule has 3 amide bonds. The van der Waals surface area contributed by atoms with Crippen molar-refractivity contribution >= 4 is 28.7 Å². The average molecular weight is 904 g/mol. The number of hydrogen-bond donors (Lipinski definition) is 5. The van der Waals surface area contributed by atoms with E-state index in [0.29, 0.717) is 59.0 Å². The molecular formula is C49H59N8O9+. The number of aromatic amines is 2. The third kappa shape index (κ3) is 8.65. The number of amides is 3. The van der Waals surface area contributed by atoms with Gasteiger partial charge in [-0.2, -0.15) is 0 Å². The number of H-pyrrole nitrogens is 2. The first-order valence-electron chi connectivity index (χ1n) is 23.4. The Labute approximate surface area is 382 Å². The van der Waals surface area contributed by atoms with Gasteiger partial charge in [0.05, 0.1) is 43.0 Å². The zero-order valence-electron chi connectivity index (χ0n) is 37.5. The van der Waals surface area contributed by atoms with Crippen LogP contribution in [0.25, 0.3) is 44.4 Å². The molecule has 2 aromatic heterocycles. The number of carbonyl (C=O) groups excluding carboxylic acids is 3. The second kappa shape index (κ2) is 19.2. The van der Waals surface area contributed by atoms with Gasteiger partial charge in [-0.1, -0.05) is 30.3 Å². The van der Waals surface area contributed by atoms with Crippen molar-refractivity contribution < 1.29 is 48.5 Å². The predicted molar refractivity (Wildman–Crippen MR) is 241 cm³/mol. The minimum absolute atomic E-state index is 0.00410. The summed E-state index contributed by atoms with van der Waals surface area (Å²) in [6.45, 7) is 3.94. The molecule has 7 heterocycles. The molecular weight excluding hydrogens is 845 g/mol. The highest BCUT2D eigenvalue weighted by atomic mass is 16.6. The minimum atomic E-state index is -1.12. The Morgan fingerprint density at radius 3 is 2.03 bits per heavy atom. The highest BCUT2D eigenvalue weighted by Gasteiger charge is 2.43. The number of methoxy groups -OCH3 is 2. The second-order valence-electron chi connectivity index (χ2n) is 18.1. The molecule has 348 valence electrons. The lowest BCUT2D eigenvalue weighted by Gasteiger charge is -2.34. The van der Waals surface area contributed by atoms with E-state index in [1.54, 1.807) is 5.32 Å². The van der Waals surface area contributed by atoms with Crippen molar-refractivity contribution in [2.24, 2.45) is 11.8 Å². The predicted octanol–water partition coefficient (Wildman–Crippen LogP) is 4.94. The monoisotopic (exact) mass is 903 g/mol. The van der Waals surface area contributed by atoms with E-state index in [1.165, 1.54) is 14.2 Å². The number of nitrogens with one attached hydrogen (secondary N) is 3. The smallest absolute Gasteiger partial charge is 0.407 e. The number of nitrogens with zero attached hydrogens (tertiary/aromatic N) is 4. The van der Waals surface area contributed by atoms with Gasteiger partial charge in [-0.15, -0.1) is 0 Å². The molecule has 0 bridgehead atoms. The van der Waals surface area contributed by atoms with Gasteiger partial charge in [0.2, 0.25) is 5.91 Å². The van der Waals surface area contributed by atoms with Crippen LogP contribution in [0.4, 0.5) is 4.79 Å². The molecule has 4 fully saturated rings. The van der Waals surface area contributed by atoms with Gasteiger partial charge in [0, 0.05) is 69.1 Å². The lowest BCUT2D eigenvalue weighted by atomic mass is 9.90. The fourth-order valence-corrected chi connectivity index (χ4v) is 10.8. The van der Waals surface area contributed by atoms with E-state index in [-0.39, 0.29) is 35.7 Å². The molecule has 5 atom stereocenters. The SMILES string of the molecule is COC(=O)NC(C(=O)N1CCCC1c1ncc(-c2ccc3c(c2)COc2c-3ccc3cc(-c4cnc(C5CCCN5C(=O)C([NH2+]C(O)OC)C5CCOCC5)[nH]4)ccc23)[nH]1)C1CCOCC1. The molecule has 17 nitrogen and oxygen atoms in total. The van der Waals surface area contributed by atoms with Crippen LogP contribution in [-0.2, 0) is 35.1 Å². The summed E-state index contributed by atoms with van der Waals surface area (Å²) in [5, 5.41) is 16.9. The summed E-state index contributed by atoms with van der Waals surface area (Å²) in [5.74, 6) is 2.24. The van der Waals surface area contributed by atoms with Crippen molar-refractivity contribution in [2.45, 2.75) is 88.6 Å². The maximum atomic E-state index is 14.1. The summed E-state index contributed by atoms with van der Waals surface area (Å²) in [7, 11) is 2.75. The number of aliphatic hydroxyl groups excluding tert-OH is 1. The van der Waals surface area contributed by atoms with E-state index in [0.717, 1.165) is 106 Å². The molecule has 0 aliphatic carbocycles. The van der Waals surface area contributed by atoms with E-state index in [4.69, 9.17) is 33.7 Å². The molecule has 0 spiro atoms. The van der Waals surface area contributed by atoms with Gasteiger partial charge in [-0.05, 0) is 97.6 Å². The number of aliphatic hydroxyl groups is 1. The van der Waals surface area contributed by atoms with Gasteiger partial charge in [-0.3, -0.25) is 14.9 Å². The Morgan fingerprint density at radius 2 is 1.38 bits per heavy atom. The summed E-state index contributed by atoms with van der Waals surface area (Å²) in [6, 6.07) is 15.4. The van der Waals surface area contributed by atoms with Crippen LogP contribution in [0.3, 0.4) is 0 Å². The van der Waals surface area contributed by atoms with E-state index >= 15 is 0 Å². The number of likely N-dealkylation sites (tertiary alicyclic amines) is 2. The lowest BCUT2D eigenvalue weighted by Crippen LogP contribution is -2.99. The van der Waals surface area contributed by atoms with Crippen LogP contribution < -0.4 is 15.4 Å². The number of nitrogens with two attached hydrogens (primary N) is 1. The average Bonchev–Trinajstić information content (AvgIpc) is 4.22. The molecule has 5 aromatic rings. The fraction of sp³-hybridized carbons (Fsp3) is 0.490. The molecule has 6 N–H and O–H groups in total. The van der Waals surface area contributed by atoms with Gasteiger partial charge in [0.1, 0.15) is 30.0 Å². The molecule has 5 aliphatic rings. The largest absolute Gasteiger partial charge is 0.488 e. The van der Waals surface area contributed by atoms with Crippen LogP contribution in [0.1, 0.15) is 80.7 Å². The number of aromatic nitrogens is 4. The highest BCUT2D eigenvalue weighted by Crippen LogP contribution is 2.44. The normalized spacial score (nSPS) is 21.5. The topological polar surface area (TPSA) is 210 Å². The summed E-state index contributed by atoms with van der Waals surface area (Å²) in [6.07, 6.45) is 8.11. The van der Waals surface area contributed by atoms with E-state index in [9.17, 15) is 19.5 Å². The van der Waals surface area contributed by atoms with Crippen molar-refractivity contribution in [1.82, 2.24) is 35.1 Å².